The van der Waals surface area contributed by atoms with Gasteiger partial charge in [0.15, 0.2) is 5.78 Å². The molecule has 13 heteroatoms. The summed E-state index contributed by atoms with van der Waals surface area (Å²) in [5, 5.41) is 8.31. The number of Topliss-reactive ketones (excluding diaryl/α,β-unsaturated/α-hetero) is 1. The summed E-state index contributed by atoms with van der Waals surface area (Å²) < 4.78 is 2.19. The summed E-state index contributed by atoms with van der Waals surface area (Å²) in [6, 6.07) is 5.02. The van der Waals surface area contributed by atoms with Gasteiger partial charge in [-0.2, -0.15) is 5.10 Å². The molecule has 4 aromatic heterocycles. The molecule has 1 saturated carbocycles. The Labute approximate surface area is 287 Å². The van der Waals surface area contributed by atoms with Gasteiger partial charge >= 0.3 is 0 Å². The lowest BCUT2D eigenvalue weighted by Gasteiger charge is -2.27. The van der Waals surface area contributed by atoms with E-state index in [1.54, 1.807) is 34.2 Å². The predicted octanol–water partition coefficient (Wildman–Crippen LogP) is 4.99. The number of hydrogen-bond donors (Lipinski definition) is 1. The molecule has 4 aromatic rings. The van der Waals surface area contributed by atoms with Crippen molar-refractivity contribution < 1.29 is 14.4 Å². The van der Waals surface area contributed by atoms with Gasteiger partial charge in [0, 0.05) is 48.3 Å². The highest BCUT2D eigenvalue weighted by Crippen LogP contribution is 2.60. The predicted molar refractivity (Wildman–Crippen MR) is 184 cm³/mol. The maximum absolute atomic E-state index is 14.3. The molecule has 1 saturated heterocycles. The number of carbonyl (C=O) groups is 3. The highest BCUT2D eigenvalue weighted by molar-refractivity contribution is 9.10. The number of nitrogens with zero attached hydrogens (tertiary/aromatic N) is 8. The minimum absolute atomic E-state index is 0.0470. The molecule has 1 unspecified atom stereocenters. The highest BCUT2D eigenvalue weighted by atomic mass is 79.9. The van der Waals surface area contributed by atoms with E-state index in [9.17, 15) is 14.4 Å². The van der Waals surface area contributed by atoms with Crippen molar-refractivity contribution in [3.63, 3.8) is 0 Å². The number of piperidine rings is 1. The monoisotopic (exact) mass is 713 g/mol. The number of aromatic nitrogens is 6. The molecule has 6 heterocycles. The maximum Gasteiger partial charge on any atom is 0.248 e. The number of hydrogen-bond acceptors (Lipinski definition) is 9. The summed E-state index contributed by atoms with van der Waals surface area (Å²) in [5.74, 6) is 0.544. The van der Waals surface area contributed by atoms with Crippen LogP contribution >= 0.6 is 15.9 Å². The first-order valence-corrected chi connectivity index (χ1v) is 17.5. The smallest absolute Gasteiger partial charge is 0.248 e. The van der Waals surface area contributed by atoms with Crippen LogP contribution in [0, 0.1) is 12.3 Å². The number of rotatable bonds is 4. The van der Waals surface area contributed by atoms with Crippen molar-refractivity contribution in [3.8, 4) is 11.3 Å². The lowest BCUT2D eigenvalue weighted by atomic mass is 9.98. The molecule has 0 aromatic carbocycles. The Balaban J connectivity index is 1.20. The van der Waals surface area contributed by atoms with Crippen LogP contribution in [0.5, 0.6) is 0 Å². The molecule has 1 aliphatic carbocycles. The average Bonchev–Trinajstić information content (AvgIpc) is 3.45. The van der Waals surface area contributed by atoms with E-state index < -0.39 is 6.04 Å². The Kier molecular flexibility index (Phi) is 8.84. The maximum atomic E-state index is 14.3. The lowest BCUT2D eigenvalue weighted by Crippen LogP contribution is -2.47. The van der Waals surface area contributed by atoms with Crippen LogP contribution in [0.3, 0.4) is 0 Å². The second-order valence-electron chi connectivity index (χ2n) is 13.7. The van der Waals surface area contributed by atoms with Gasteiger partial charge in [-0.25, -0.2) is 15.0 Å². The van der Waals surface area contributed by atoms with Crippen LogP contribution in [-0.4, -0.2) is 89.3 Å². The first-order valence-electron chi connectivity index (χ1n) is 16.7. The molecule has 48 heavy (non-hydrogen) atoms. The van der Waals surface area contributed by atoms with Crippen LogP contribution in [0.4, 0.5) is 5.82 Å². The molecule has 2 amide bonds. The van der Waals surface area contributed by atoms with E-state index in [2.05, 4.69) is 58.2 Å². The van der Waals surface area contributed by atoms with Crippen LogP contribution in [-0.2, 0) is 22.6 Å². The highest BCUT2D eigenvalue weighted by Gasteiger charge is 2.67. The van der Waals surface area contributed by atoms with Gasteiger partial charge in [-0.3, -0.25) is 24.0 Å². The fourth-order valence-corrected chi connectivity index (χ4v) is 7.91. The van der Waals surface area contributed by atoms with Crippen LogP contribution in [0.2, 0.25) is 0 Å². The van der Waals surface area contributed by atoms with Crippen molar-refractivity contribution in [2.45, 2.75) is 83.8 Å². The van der Waals surface area contributed by atoms with Crippen molar-refractivity contribution in [1.29, 1.82) is 0 Å². The van der Waals surface area contributed by atoms with E-state index in [0.717, 1.165) is 50.8 Å². The zero-order chi connectivity index (χ0) is 33.6. The quantitative estimate of drug-likeness (QED) is 0.229. The summed E-state index contributed by atoms with van der Waals surface area (Å²) >= 11 is 3.47. The second kappa shape index (κ2) is 13.1. The molecular weight excluding hydrogens is 674 g/mol. The fraction of sp³-hybridized carbons (Fsp3) is 0.486. The van der Waals surface area contributed by atoms with Gasteiger partial charge in [-0.1, -0.05) is 25.3 Å². The molecule has 2 aliphatic heterocycles. The van der Waals surface area contributed by atoms with Crippen LogP contribution < -0.4 is 5.32 Å². The normalized spacial score (nSPS) is 23.4. The van der Waals surface area contributed by atoms with Gasteiger partial charge in [0.05, 0.1) is 17.4 Å². The standard InChI is InChI=1S/C35H40BrN9O3/c1-21(46)32-25-13-26(24-16-37-22(2)38-17-24)39-18-28(25)44(42-32)19-31(47)45-27-14-35(15-29(35)45)20-43(3)12-8-6-4-5-7-9-23-10-11-30(36)40-33(23)41-34(27)48/h10-11,13,16-18,27,29H,4-9,12,14-15,19-20H2,1-3H3,(H,40,41,48)/t27-,29?,35-/m0/s1. The van der Waals surface area contributed by atoms with E-state index in [4.69, 9.17) is 0 Å². The summed E-state index contributed by atoms with van der Waals surface area (Å²) in [5.41, 5.74) is 3.01. The largest absolute Gasteiger partial charge is 0.325 e. The van der Waals surface area contributed by atoms with Crippen molar-refractivity contribution in [2.24, 2.45) is 5.41 Å². The van der Waals surface area contributed by atoms with E-state index in [1.165, 1.54) is 19.8 Å². The van der Waals surface area contributed by atoms with Crippen molar-refractivity contribution in [2.75, 3.05) is 25.5 Å². The number of carbonyl (C=O) groups excluding carboxylic acids is 3. The fourth-order valence-electron chi connectivity index (χ4n) is 7.60. The molecule has 7 rings (SSSR count). The number of aryl methyl sites for hydroxylation is 2. The summed E-state index contributed by atoms with van der Waals surface area (Å²) in [6.07, 6.45) is 12.9. The first-order chi connectivity index (χ1) is 23.1. The Morgan fingerprint density at radius 2 is 1.81 bits per heavy atom. The molecule has 12 nitrogen and oxygen atoms in total. The summed E-state index contributed by atoms with van der Waals surface area (Å²) in [7, 11) is 2.15. The number of pyridine rings is 2. The Bertz CT molecular complexity index is 1890. The zero-order valence-corrected chi connectivity index (χ0v) is 29.2. The Morgan fingerprint density at radius 1 is 1.04 bits per heavy atom. The molecular formula is C35H40BrN9O3. The Morgan fingerprint density at radius 3 is 2.60 bits per heavy atom. The molecule has 0 radical (unpaired) electrons. The van der Waals surface area contributed by atoms with E-state index in [0.29, 0.717) is 44.8 Å². The van der Waals surface area contributed by atoms with Crippen molar-refractivity contribution in [1.82, 2.24) is 39.5 Å². The van der Waals surface area contributed by atoms with Gasteiger partial charge < -0.3 is 15.1 Å². The number of amides is 2. The molecule has 2 fully saturated rings. The van der Waals surface area contributed by atoms with Crippen LogP contribution in [0.15, 0.2) is 41.4 Å². The number of nitrogens with one attached hydrogen (secondary N) is 1. The van der Waals surface area contributed by atoms with Crippen LogP contribution in [0.25, 0.3) is 22.2 Å². The number of fused-ring (bicyclic) bond motifs is 3. The number of halogens is 1. The van der Waals surface area contributed by atoms with Gasteiger partial charge in [0.1, 0.15) is 34.5 Å². The topological polar surface area (TPSA) is 139 Å². The molecule has 1 spiro atoms. The van der Waals surface area contributed by atoms with E-state index in [1.807, 2.05) is 19.1 Å². The summed E-state index contributed by atoms with van der Waals surface area (Å²) in [6.45, 7) is 4.98. The number of likely N-dealkylation sites (tertiary alicyclic amines) is 1. The van der Waals surface area contributed by atoms with Gasteiger partial charge in [-0.15, -0.1) is 0 Å². The third kappa shape index (κ3) is 6.37. The van der Waals surface area contributed by atoms with Crippen molar-refractivity contribution >= 4 is 50.2 Å². The third-order valence-corrected chi connectivity index (χ3v) is 10.5. The Hall–Kier alpha value is -4.10. The molecule has 2 bridgehead atoms. The number of anilines is 1. The van der Waals surface area contributed by atoms with Gasteiger partial charge in [-0.05, 0) is 86.2 Å². The minimum atomic E-state index is -0.647. The molecule has 1 N–H and O–H groups in total. The third-order valence-electron chi connectivity index (χ3n) is 10.1. The molecule has 250 valence electrons. The van der Waals surface area contributed by atoms with Gasteiger partial charge in [0.2, 0.25) is 11.8 Å². The van der Waals surface area contributed by atoms with Crippen molar-refractivity contribution in [3.05, 3.63) is 58.5 Å². The van der Waals surface area contributed by atoms with Crippen LogP contribution in [0.1, 0.15) is 73.7 Å². The number of ketones is 1. The zero-order valence-electron chi connectivity index (χ0n) is 27.6. The second-order valence-corrected chi connectivity index (χ2v) is 14.5. The van der Waals surface area contributed by atoms with E-state index >= 15 is 0 Å². The average molecular weight is 715 g/mol. The first kappa shape index (κ1) is 32.4. The minimum Gasteiger partial charge on any atom is -0.325 e. The van der Waals surface area contributed by atoms with E-state index in [-0.39, 0.29) is 41.3 Å². The lowest BCUT2D eigenvalue weighted by molar-refractivity contribution is -0.138. The molecule has 3 atom stereocenters. The molecule has 3 aliphatic rings. The van der Waals surface area contributed by atoms with Gasteiger partial charge in [0.25, 0.3) is 0 Å². The SMILES string of the molecule is CC(=O)c1nn(CC(=O)N2C3C[C@]34C[C@H]2C(=O)Nc2nc(Br)ccc2CCCCCCCN(C)C4)c2cnc(-c3cnc(C)nc3)cc12. The summed E-state index contributed by atoms with van der Waals surface area (Å²) in [4.78, 5) is 63.0.